The van der Waals surface area contributed by atoms with E-state index in [0.717, 1.165) is 12.1 Å². The molecule has 0 atom stereocenters. The maximum atomic E-state index is 13.6. The average molecular weight is 342 g/mol. The molecule has 0 saturated heterocycles. The molecule has 0 bridgehead atoms. The van der Waals surface area contributed by atoms with E-state index in [2.05, 4.69) is 15.6 Å². The predicted octanol–water partition coefficient (Wildman–Crippen LogP) is 2.22. The minimum Gasteiger partial charge on any atom is -0.366 e. The van der Waals surface area contributed by atoms with Crippen molar-refractivity contribution < 1.29 is 9.18 Å². The Balaban J connectivity index is 1.91. The molecule has 1 amide bonds. The van der Waals surface area contributed by atoms with Crippen LogP contribution in [0, 0.1) is 5.82 Å². The van der Waals surface area contributed by atoms with Crippen LogP contribution >= 0.6 is 0 Å². The molecule has 0 aliphatic rings. The van der Waals surface area contributed by atoms with E-state index >= 15 is 0 Å². The second kappa shape index (κ2) is 9.42. The first kappa shape index (κ1) is 18.4. The fourth-order valence-electron chi connectivity index (χ4n) is 2.30. The first-order valence-corrected chi connectivity index (χ1v) is 8.24. The van der Waals surface area contributed by atoms with Crippen LogP contribution in [-0.2, 0) is 13.0 Å². The Labute approximate surface area is 147 Å². The molecule has 0 aromatic heterocycles. The predicted molar refractivity (Wildman–Crippen MR) is 97.9 cm³/mol. The molecular weight excluding hydrogens is 319 g/mol. The van der Waals surface area contributed by atoms with E-state index in [9.17, 15) is 9.18 Å². The highest BCUT2D eigenvalue weighted by atomic mass is 19.1. The van der Waals surface area contributed by atoms with Gasteiger partial charge in [-0.2, -0.15) is 0 Å². The van der Waals surface area contributed by atoms with Gasteiger partial charge in [0.05, 0.1) is 6.54 Å². The van der Waals surface area contributed by atoms with Crippen molar-refractivity contribution in [3.05, 3.63) is 71.0 Å². The third kappa shape index (κ3) is 5.91. The van der Waals surface area contributed by atoms with Crippen LogP contribution in [0.15, 0.2) is 53.5 Å². The fourth-order valence-corrected chi connectivity index (χ4v) is 2.30. The number of carbonyl (C=O) groups is 1. The van der Waals surface area contributed by atoms with Crippen LogP contribution in [0.4, 0.5) is 4.39 Å². The summed E-state index contributed by atoms with van der Waals surface area (Å²) < 4.78 is 13.6. The molecule has 0 radical (unpaired) electrons. The Morgan fingerprint density at radius 1 is 1.12 bits per heavy atom. The molecule has 25 heavy (non-hydrogen) atoms. The summed E-state index contributed by atoms with van der Waals surface area (Å²) in [6, 6.07) is 13.8. The minimum atomic E-state index is -0.446. The Kier molecular flexibility index (Phi) is 6.95. The number of carbonyl (C=O) groups excluding carboxylic acids is 1. The van der Waals surface area contributed by atoms with Crippen LogP contribution in [0.25, 0.3) is 0 Å². The summed E-state index contributed by atoms with van der Waals surface area (Å²) in [5.41, 5.74) is 7.34. The number of rotatable bonds is 7. The molecule has 2 aromatic carbocycles. The lowest BCUT2D eigenvalue weighted by Gasteiger charge is -2.11. The number of hydrogen-bond donors (Lipinski definition) is 3. The SMILES string of the molecule is CCNC(=NCc1ccc(C(N)=O)cc1)NCCc1ccccc1F. The van der Waals surface area contributed by atoms with Crippen molar-refractivity contribution in [1.82, 2.24) is 10.6 Å². The molecular formula is C19H23FN4O. The second-order valence-electron chi connectivity index (χ2n) is 5.52. The van der Waals surface area contributed by atoms with Gasteiger partial charge < -0.3 is 16.4 Å². The lowest BCUT2D eigenvalue weighted by atomic mass is 10.1. The van der Waals surface area contributed by atoms with Crippen LogP contribution in [0.1, 0.15) is 28.4 Å². The summed E-state index contributed by atoms with van der Waals surface area (Å²) in [7, 11) is 0. The third-order valence-electron chi connectivity index (χ3n) is 3.65. The summed E-state index contributed by atoms with van der Waals surface area (Å²) in [5.74, 6) is 0.0248. The largest absolute Gasteiger partial charge is 0.366 e. The fraction of sp³-hybridized carbons (Fsp3) is 0.263. The number of benzene rings is 2. The third-order valence-corrected chi connectivity index (χ3v) is 3.65. The van der Waals surface area contributed by atoms with Crippen LogP contribution in [0.5, 0.6) is 0 Å². The number of nitrogens with one attached hydrogen (secondary N) is 2. The number of halogens is 1. The first-order chi connectivity index (χ1) is 12.1. The van der Waals surface area contributed by atoms with Crippen molar-refractivity contribution in [2.45, 2.75) is 19.9 Å². The van der Waals surface area contributed by atoms with Gasteiger partial charge in [-0.25, -0.2) is 9.38 Å². The van der Waals surface area contributed by atoms with Crippen LogP contribution in [0.3, 0.4) is 0 Å². The van der Waals surface area contributed by atoms with Crippen molar-refractivity contribution in [3.8, 4) is 0 Å². The lowest BCUT2D eigenvalue weighted by molar-refractivity contribution is 0.100. The molecule has 0 aliphatic heterocycles. The summed E-state index contributed by atoms with van der Waals surface area (Å²) in [6.07, 6.45) is 0.574. The lowest BCUT2D eigenvalue weighted by Crippen LogP contribution is -2.38. The van der Waals surface area contributed by atoms with Gasteiger partial charge in [-0.1, -0.05) is 30.3 Å². The van der Waals surface area contributed by atoms with Gasteiger partial charge in [0.15, 0.2) is 5.96 Å². The normalized spacial score (nSPS) is 11.2. The molecule has 132 valence electrons. The number of guanidine groups is 1. The highest BCUT2D eigenvalue weighted by Crippen LogP contribution is 2.07. The molecule has 0 spiro atoms. The summed E-state index contributed by atoms with van der Waals surface area (Å²) in [4.78, 5) is 15.6. The molecule has 4 N–H and O–H groups in total. The molecule has 2 aromatic rings. The Morgan fingerprint density at radius 3 is 2.48 bits per heavy atom. The van der Waals surface area contributed by atoms with Gasteiger partial charge in [0.25, 0.3) is 0 Å². The van der Waals surface area contributed by atoms with Gasteiger partial charge in [0, 0.05) is 18.7 Å². The smallest absolute Gasteiger partial charge is 0.248 e. The number of amides is 1. The van der Waals surface area contributed by atoms with Gasteiger partial charge >= 0.3 is 0 Å². The Hall–Kier alpha value is -2.89. The van der Waals surface area contributed by atoms with E-state index < -0.39 is 5.91 Å². The van der Waals surface area contributed by atoms with Crippen LogP contribution in [-0.4, -0.2) is 25.0 Å². The quantitative estimate of drug-likeness (QED) is 0.533. The standard InChI is InChI=1S/C19H23FN4O/c1-2-22-19(23-12-11-15-5-3-4-6-17(15)20)24-13-14-7-9-16(10-8-14)18(21)25/h3-10H,2,11-13H2,1H3,(H2,21,25)(H2,22,23,24). The van der Waals surface area contributed by atoms with Gasteiger partial charge in [-0.15, -0.1) is 0 Å². The van der Waals surface area contributed by atoms with E-state index in [4.69, 9.17) is 5.73 Å². The number of primary amides is 1. The van der Waals surface area contributed by atoms with E-state index in [1.165, 1.54) is 6.07 Å². The highest BCUT2D eigenvalue weighted by molar-refractivity contribution is 5.92. The first-order valence-electron chi connectivity index (χ1n) is 8.24. The molecule has 5 nitrogen and oxygen atoms in total. The van der Waals surface area contributed by atoms with E-state index in [0.29, 0.717) is 36.6 Å². The van der Waals surface area contributed by atoms with Crippen molar-refractivity contribution in [2.75, 3.05) is 13.1 Å². The maximum absolute atomic E-state index is 13.6. The zero-order valence-electron chi connectivity index (χ0n) is 14.3. The van der Waals surface area contributed by atoms with Crippen molar-refractivity contribution in [1.29, 1.82) is 0 Å². The van der Waals surface area contributed by atoms with Gasteiger partial charge in [0.1, 0.15) is 5.82 Å². The summed E-state index contributed by atoms with van der Waals surface area (Å²) >= 11 is 0. The molecule has 0 unspecified atom stereocenters. The number of nitrogens with two attached hydrogens (primary N) is 1. The van der Waals surface area contributed by atoms with Crippen molar-refractivity contribution in [2.24, 2.45) is 10.7 Å². The number of aliphatic imine (C=N–C) groups is 1. The number of hydrogen-bond acceptors (Lipinski definition) is 2. The highest BCUT2D eigenvalue weighted by Gasteiger charge is 2.03. The van der Waals surface area contributed by atoms with Crippen molar-refractivity contribution >= 4 is 11.9 Å². The van der Waals surface area contributed by atoms with Gasteiger partial charge in [0.2, 0.25) is 5.91 Å². The van der Waals surface area contributed by atoms with E-state index in [1.54, 1.807) is 24.3 Å². The van der Waals surface area contributed by atoms with Crippen LogP contribution < -0.4 is 16.4 Å². The van der Waals surface area contributed by atoms with E-state index in [1.807, 2.05) is 25.1 Å². The van der Waals surface area contributed by atoms with Crippen LogP contribution in [0.2, 0.25) is 0 Å². The Bertz CT molecular complexity index is 728. The molecule has 0 heterocycles. The topological polar surface area (TPSA) is 79.5 Å². The monoisotopic (exact) mass is 342 g/mol. The van der Waals surface area contributed by atoms with Crippen molar-refractivity contribution in [3.63, 3.8) is 0 Å². The van der Waals surface area contributed by atoms with E-state index in [-0.39, 0.29) is 5.82 Å². The molecule has 0 aliphatic carbocycles. The molecule has 0 fully saturated rings. The minimum absolute atomic E-state index is 0.194. The summed E-state index contributed by atoms with van der Waals surface area (Å²) in [6.45, 7) is 3.75. The zero-order valence-corrected chi connectivity index (χ0v) is 14.3. The summed E-state index contributed by atoms with van der Waals surface area (Å²) in [5, 5.41) is 6.35. The maximum Gasteiger partial charge on any atom is 0.248 e. The molecule has 2 rings (SSSR count). The second-order valence-corrected chi connectivity index (χ2v) is 5.52. The van der Waals surface area contributed by atoms with Gasteiger partial charge in [-0.05, 0) is 42.7 Å². The average Bonchev–Trinajstić information content (AvgIpc) is 2.61. The Morgan fingerprint density at radius 2 is 1.84 bits per heavy atom. The molecule has 0 saturated carbocycles. The number of nitrogens with zero attached hydrogens (tertiary/aromatic N) is 1. The molecule has 6 heteroatoms. The van der Waals surface area contributed by atoms with Gasteiger partial charge in [-0.3, -0.25) is 4.79 Å². The zero-order chi connectivity index (χ0) is 18.1.